The highest BCUT2D eigenvalue weighted by atomic mass is 32.2. The molecule has 2 aliphatic carbocycles. The van der Waals surface area contributed by atoms with Gasteiger partial charge in [0.2, 0.25) is 5.89 Å². The molecule has 9 heteroatoms. The van der Waals surface area contributed by atoms with Crippen molar-refractivity contribution in [1.82, 2.24) is 19.7 Å². The molecular weight excluding hydrogens is 448 g/mol. The van der Waals surface area contributed by atoms with Crippen LogP contribution >= 0.6 is 34.4 Å². The normalized spacial score (nSPS) is 17.5. The zero-order chi connectivity index (χ0) is 20.8. The molecule has 2 fully saturated rings. The first-order valence-corrected chi connectivity index (χ1v) is 13.5. The summed E-state index contributed by atoms with van der Waals surface area (Å²) < 4.78 is 7.84. The molecule has 0 spiro atoms. The van der Waals surface area contributed by atoms with Gasteiger partial charge in [-0.25, -0.2) is 4.98 Å². The first-order chi connectivity index (χ1) is 15.3. The summed E-state index contributed by atoms with van der Waals surface area (Å²) in [6.07, 6.45) is 8.07. The molecule has 0 unspecified atom stereocenters. The summed E-state index contributed by atoms with van der Waals surface area (Å²) in [5, 5.41) is 14.2. The maximum Gasteiger partial charge on any atom is 0.263 e. The second kappa shape index (κ2) is 8.18. The number of hydrogen-bond acceptors (Lipinski definition) is 8. The van der Waals surface area contributed by atoms with E-state index in [0.717, 1.165) is 33.1 Å². The van der Waals surface area contributed by atoms with E-state index in [9.17, 15) is 4.79 Å². The van der Waals surface area contributed by atoms with Crippen LogP contribution in [0.1, 0.15) is 68.4 Å². The van der Waals surface area contributed by atoms with Crippen molar-refractivity contribution < 1.29 is 4.42 Å². The highest BCUT2D eigenvalue weighted by molar-refractivity contribution is 7.98. The second-order valence-electron chi connectivity index (χ2n) is 8.27. The maximum absolute atomic E-state index is 13.7. The molecular formula is C22H22N4O2S3. The van der Waals surface area contributed by atoms with E-state index in [2.05, 4.69) is 15.6 Å². The Bertz CT molecular complexity index is 1260. The molecule has 2 aliphatic rings. The van der Waals surface area contributed by atoms with E-state index in [1.807, 2.05) is 22.1 Å². The zero-order valence-corrected chi connectivity index (χ0v) is 19.4. The largest absolute Gasteiger partial charge is 0.419 e. The van der Waals surface area contributed by atoms with Gasteiger partial charge in [-0.15, -0.1) is 32.9 Å². The lowest BCUT2D eigenvalue weighted by Crippen LogP contribution is -2.29. The van der Waals surface area contributed by atoms with Gasteiger partial charge in [0.1, 0.15) is 4.83 Å². The van der Waals surface area contributed by atoms with Crippen LogP contribution in [-0.4, -0.2) is 19.7 Å². The van der Waals surface area contributed by atoms with E-state index < -0.39 is 0 Å². The highest BCUT2D eigenvalue weighted by Crippen LogP contribution is 2.44. The van der Waals surface area contributed by atoms with Crippen molar-refractivity contribution in [2.24, 2.45) is 0 Å². The number of thiophene rings is 2. The van der Waals surface area contributed by atoms with Gasteiger partial charge in [-0.05, 0) is 54.0 Å². The third kappa shape index (κ3) is 3.76. The average molecular weight is 471 g/mol. The van der Waals surface area contributed by atoms with Crippen molar-refractivity contribution in [1.29, 1.82) is 0 Å². The number of thioether (sulfide) groups is 1. The second-order valence-corrected chi connectivity index (χ2v) is 11.0. The monoisotopic (exact) mass is 470 g/mol. The third-order valence-electron chi connectivity index (χ3n) is 6.12. The Morgan fingerprint density at radius 2 is 2.00 bits per heavy atom. The molecule has 6 rings (SSSR count). The van der Waals surface area contributed by atoms with E-state index in [0.29, 0.717) is 23.5 Å². The molecule has 6 nitrogen and oxygen atoms in total. The van der Waals surface area contributed by atoms with Gasteiger partial charge >= 0.3 is 0 Å². The van der Waals surface area contributed by atoms with Gasteiger partial charge in [-0.2, -0.15) is 0 Å². The Hall–Kier alpha value is -1.97. The quantitative estimate of drug-likeness (QED) is 0.245. The Kier molecular flexibility index (Phi) is 5.20. The number of rotatable bonds is 6. The van der Waals surface area contributed by atoms with Crippen molar-refractivity contribution in [2.45, 2.75) is 67.8 Å². The molecule has 0 N–H and O–H groups in total. The van der Waals surface area contributed by atoms with Crippen LogP contribution < -0.4 is 5.56 Å². The van der Waals surface area contributed by atoms with Crippen LogP contribution in [0.15, 0.2) is 37.3 Å². The van der Waals surface area contributed by atoms with E-state index in [1.165, 1.54) is 49.4 Å². The summed E-state index contributed by atoms with van der Waals surface area (Å²) in [6, 6.07) is 4.17. The topological polar surface area (TPSA) is 73.8 Å². The molecule has 4 heterocycles. The smallest absolute Gasteiger partial charge is 0.263 e. The van der Waals surface area contributed by atoms with Crippen LogP contribution in [0.25, 0.3) is 21.0 Å². The van der Waals surface area contributed by atoms with Crippen LogP contribution in [0, 0.1) is 0 Å². The van der Waals surface area contributed by atoms with Crippen LogP contribution in [-0.2, 0) is 5.75 Å². The lowest BCUT2D eigenvalue weighted by molar-refractivity contribution is 0.326. The molecule has 160 valence electrons. The summed E-state index contributed by atoms with van der Waals surface area (Å²) >= 11 is 4.71. The Labute approximate surface area is 191 Å². The highest BCUT2D eigenvalue weighted by Gasteiger charge is 2.30. The van der Waals surface area contributed by atoms with Crippen molar-refractivity contribution in [3.05, 3.63) is 44.7 Å². The van der Waals surface area contributed by atoms with E-state index in [-0.39, 0.29) is 11.6 Å². The fraction of sp³-hybridized carbons (Fsp3) is 0.455. The van der Waals surface area contributed by atoms with Crippen molar-refractivity contribution in [3.63, 3.8) is 0 Å². The minimum absolute atomic E-state index is 0.146. The van der Waals surface area contributed by atoms with Gasteiger partial charge in [0.05, 0.1) is 16.0 Å². The van der Waals surface area contributed by atoms with Gasteiger partial charge in [-0.1, -0.05) is 37.1 Å². The lowest BCUT2D eigenvalue weighted by Gasteiger charge is -2.25. The minimum Gasteiger partial charge on any atom is -0.419 e. The molecule has 0 amide bonds. The molecule has 4 aromatic rings. The van der Waals surface area contributed by atoms with E-state index in [4.69, 9.17) is 9.40 Å². The summed E-state index contributed by atoms with van der Waals surface area (Å²) in [5.41, 5.74) is 1.36. The molecule has 0 saturated heterocycles. The average Bonchev–Trinajstić information content (AvgIpc) is 3.20. The van der Waals surface area contributed by atoms with Crippen LogP contribution in [0.5, 0.6) is 0 Å². The van der Waals surface area contributed by atoms with Crippen LogP contribution in [0.2, 0.25) is 0 Å². The van der Waals surface area contributed by atoms with Gasteiger partial charge in [0, 0.05) is 6.04 Å². The first kappa shape index (κ1) is 19.7. The minimum atomic E-state index is 0.146. The number of fused-ring (bicyclic) bond motifs is 1. The molecule has 0 radical (unpaired) electrons. The Morgan fingerprint density at radius 3 is 2.77 bits per heavy atom. The maximum atomic E-state index is 13.7. The number of aromatic nitrogens is 4. The first-order valence-electron chi connectivity index (χ1n) is 10.8. The summed E-state index contributed by atoms with van der Waals surface area (Å²) in [5.74, 6) is 2.16. The van der Waals surface area contributed by atoms with Crippen molar-refractivity contribution in [3.8, 4) is 10.8 Å². The lowest BCUT2D eigenvalue weighted by atomic mass is 9.95. The van der Waals surface area contributed by atoms with Crippen molar-refractivity contribution in [2.75, 3.05) is 0 Å². The van der Waals surface area contributed by atoms with Crippen molar-refractivity contribution >= 4 is 44.7 Å². The SMILES string of the molecule is O=c1c2c(C3CC3)csc2nc(SCc2nnc(-c3cccs3)o2)n1C1CCCCC1. The van der Waals surface area contributed by atoms with Gasteiger partial charge < -0.3 is 4.42 Å². The standard InChI is InChI=1S/C22H22N4O2S3/c27-21-18-15(13-8-9-13)11-30-20(18)23-22(26(21)14-5-2-1-3-6-14)31-12-17-24-25-19(28-17)16-7-4-10-29-16/h4,7,10-11,13-14H,1-3,5-6,8-9,12H2. The number of nitrogens with zero attached hydrogens (tertiary/aromatic N) is 4. The summed E-state index contributed by atoms with van der Waals surface area (Å²) in [6.45, 7) is 0. The molecule has 0 bridgehead atoms. The van der Waals surface area contributed by atoms with E-state index >= 15 is 0 Å². The molecule has 31 heavy (non-hydrogen) atoms. The van der Waals surface area contributed by atoms with Gasteiger partial charge in [-0.3, -0.25) is 9.36 Å². The predicted octanol–water partition coefficient (Wildman–Crippen LogP) is 6.24. The Morgan fingerprint density at radius 1 is 1.13 bits per heavy atom. The third-order valence-corrected chi connectivity index (χ3v) is 8.80. The van der Waals surface area contributed by atoms with Gasteiger partial charge in [0.25, 0.3) is 11.4 Å². The summed E-state index contributed by atoms with van der Waals surface area (Å²) in [7, 11) is 0. The number of hydrogen-bond donors (Lipinski definition) is 0. The zero-order valence-electron chi connectivity index (χ0n) is 17.0. The van der Waals surface area contributed by atoms with Crippen LogP contribution in [0.3, 0.4) is 0 Å². The predicted molar refractivity (Wildman–Crippen MR) is 125 cm³/mol. The molecule has 0 aliphatic heterocycles. The van der Waals surface area contributed by atoms with Gasteiger partial charge in [0.15, 0.2) is 5.16 Å². The van der Waals surface area contributed by atoms with E-state index in [1.54, 1.807) is 22.7 Å². The molecule has 0 aromatic carbocycles. The fourth-order valence-corrected chi connectivity index (χ4v) is 7.01. The Balaban J connectivity index is 1.35. The molecule has 0 atom stereocenters. The fourth-order valence-electron chi connectivity index (χ4n) is 4.40. The summed E-state index contributed by atoms with van der Waals surface area (Å²) in [4.78, 5) is 20.5. The molecule has 4 aromatic heterocycles. The van der Waals surface area contributed by atoms with Crippen LogP contribution in [0.4, 0.5) is 0 Å². The molecule has 2 saturated carbocycles.